The fourth-order valence-electron chi connectivity index (χ4n) is 2.85. The molecule has 0 spiro atoms. The fourth-order valence-corrected chi connectivity index (χ4v) is 3.78. The summed E-state index contributed by atoms with van der Waals surface area (Å²) in [5, 5.41) is 2.76. The van der Waals surface area contributed by atoms with Crippen LogP contribution in [0.25, 0.3) is 6.08 Å². The van der Waals surface area contributed by atoms with Gasteiger partial charge in [0.2, 0.25) is 15.9 Å². The van der Waals surface area contributed by atoms with E-state index in [1.807, 2.05) is 30.3 Å². The number of rotatable bonds is 9. The van der Waals surface area contributed by atoms with Crippen LogP contribution in [0, 0.1) is 0 Å². The molecule has 0 unspecified atom stereocenters. The first-order valence-corrected chi connectivity index (χ1v) is 11.3. The van der Waals surface area contributed by atoms with Crippen LogP contribution in [0.4, 0.5) is 5.69 Å². The third-order valence-electron chi connectivity index (χ3n) is 4.54. The molecular formula is C24H24N2O5S. The molecule has 0 bridgehead atoms. The molecule has 0 radical (unpaired) electrons. The molecule has 3 aromatic carbocycles. The van der Waals surface area contributed by atoms with Crippen LogP contribution in [0.5, 0.6) is 11.5 Å². The topological polar surface area (TPSA) is 93.7 Å². The molecule has 0 heterocycles. The summed E-state index contributed by atoms with van der Waals surface area (Å²) in [6, 6.07) is 21.5. The lowest BCUT2D eigenvalue weighted by Crippen LogP contribution is -2.19. The summed E-state index contributed by atoms with van der Waals surface area (Å²) in [5.74, 6) is 0.561. The standard InChI is InChI=1S/C24H24N2O5S/c1-25-32(28,29)23-16-18(8-14-22(23)30-2)9-15-24(27)26-20-10-12-21(13-11-20)31-17-19-6-4-3-5-7-19/h3-16,25H,17H2,1-2H3,(H,26,27)/b15-9+. The van der Waals surface area contributed by atoms with E-state index >= 15 is 0 Å². The van der Waals surface area contributed by atoms with Crippen LogP contribution in [0.3, 0.4) is 0 Å². The highest BCUT2D eigenvalue weighted by atomic mass is 32.2. The van der Waals surface area contributed by atoms with Crippen LogP contribution >= 0.6 is 0 Å². The van der Waals surface area contributed by atoms with Gasteiger partial charge in [-0.1, -0.05) is 36.4 Å². The van der Waals surface area contributed by atoms with Gasteiger partial charge in [0.15, 0.2) is 0 Å². The third kappa shape index (κ3) is 6.19. The summed E-state index contributed by atoms with van der Waals surface area (Å²) in [4.78, 5) is 12.3. The van der Waals surface area contributed by atoms with Crippen molar-refractivity contribution < 1.29 is 22.7 Å². The van der Waals surface area contributed by atoms with Gasteiger partial charge in [-0.2, -0.15) is 0 Å². The highest BCUT2D eigenvalue weighted by Crippen LogP contribution is 2.25. The first-order chi connectivity index (χ1) is 15.4. The molecule has 0 saturated carbocycles. The SMILES string of the molecule is CNS(=O)(=O)c1cc(/C=C/C(=O)Nc2ccc(OCc3ccccc3)cc2)ccc1OC. The van der Waals surface area contributed by atoms with Crippen molar-refractivity contribution in [2.24, 2.45) is 0 Å². The largest absolute Gasteiger partial charge is 0.495 e. The maximum Gasteiger partial charge on any atom is 0.248 e. The summed E-state index contributed by atoms with van der Waals surface area (Å²) in [5.41, 5.74) is 2.22. The summed E-state index contributed by atoms with van der Waals surface area (Å²) < 4.78 is 37.4. The van der Waals surface area contributed by atoms with Crippen LogP contribution < -0.4 is 19.5 Å². The zero-order chi connectivity index (χ0) is 23.0. The van der Waals surface area contributed by atoms with E-state index in [1.54, 1.807) is 30.3 Å². The van der Waals surface area contributed by atoms with Gasteiger partial charge in [-0.05, 0) is 60.6 Å². The van der Waals surface area contributed by atoms with Crippen molar-refractivity contribution in [2.45, 2.75) is 11.5 Å². The van der Waals surface area contributed by atoms with Crippen molar-refractivity contribution in [2.75, 3.05) is 19.5 Å². The highest BCUT2D eigenvalue weighted by molar-refractivity contribution is 7.89. The van der Waals surface area contributed by atoms with Crippen LogP contribution in [0.2, 0.25) is 0 Å². The van der Waals surface area contributed by atoms with Gasteiger partial charge >= 0.3 is 0 Å². The molecule has 32 heavy (non-hydrogen) atoms. The summed E-state index contributed by atoms with van der Waals surface area (Å²) in [6.45, 7) is 0.461. The Morgan fingerprint density at radius 2 is 1.72 bits per heavy atom. The second-order valence-corrected chi connectivity index (χ2v) is 8.59. The molecule has 0 aliphatic carbocycles. The van der Waals surface area contributed by atoms with E-state index in [-0.39, 0.29) is 16.6 Å². The number of hydrogen-bond acceptors (Lipinski definition) is 5. The van der Waals surface area contributed by atoms with E-state index in [0.29, 0.717) is 23.6 Å². The Hall–Kier alpha value is -3.62. The molecule has 3 aromatic rings. The number of ether oxygens (including phenoxy) is 2. The smallest absolute Gasteiger partial charge is 0.248 e. The number of carbonyl (C=O) groups is 1. The lowest BCUT2D eigenvalue weighted by atomic mass is 10.2. The van der Waals surface area contributed by atoms with Gasteiger partial charge < -0.3 is 14.8 Å². The van der Waals surface area contributed by atoms with E-state index in [1.165, 1.54) is 38.4 Å². The lowest BCUT2D eigenvalue weighted by Gasteiger charge is -2.09. The molecule has 0 atom stereocenters. The molecule has 0 fully saturated rings. The number of hydrogen-bond donors (Lipinski definition) is 2. The Kier molecular flexibility index (Phi) is 7.64. The monoisotopic (exact) mass is 452 g/mol. The Balaban J connectivity index is 1.61. The molecule has 0 saturated heterocycles. The first kappa shape index (κ1) is 23.1. The van der Waals surface area contributed by atoms with Crippen molar-refractivity contribution in [1.29, 1.82) is 0 Å². The van der Waals surface area contributed by atoms with Crippen molar-refractivity contribution in [1.82, 2.24) is 4.72 Å². The van der Waals surface area contributed by atoms with Gasteiger partial charge in [0.1, 0.15) is 23.0 Å². The number of methoxy groups -OCH3 is 1. The van der Waals surface area contributed by atoms with E-state index in [0.717, 1.165) is 5.56 Å². The van der Waals surface area contributed by atoms with Gasteiger partial charge in [-0.25, -0.2) is 13.1 Å². The Bertz CT molecular complexity index is 1190. The van der Waals surface area contributed by atoms with E-state index in [9.17, 15) is 13.2 Å². The fraction of sp³-hybridized carbons (Fsp3) is 0.125. The van der Waals surface area contributed by atoms with E-state index < -0.39 is 10.0 Å². The molecule has 0 aliphatic rings. The number of carbonyl (C=O) groups excluding carboxylic acids is 1. The van der Waals surface area contributed by atoms with E-state index in [2.05, 4.69) is 10.0 Å². The van der Waals surface area contributed by atoms with Crippen LogP contribution in [-0.4, -0.2) is 28.5 Å². The van der Waals surface area contributed by atoms with Gasteiger partial charge in [0.05, 0.1) is 7.11 Å². The lowest BCUT2D eigenvalue weighted by molar-refractivity contribution is -0.111. The second kappa shape index (κ2) is 10.6. The van der Waals surface area contributed by atoms with Crippen LogP contribution in [0.15, 0.2) is 83.8 Å². The number of benzene rings is 3. The minimum Gasteiger partial charge on any atom is -0.495 e. The van der Waals surface area contributed by atoms with Crippen LogP contribution in [0.1, 0.15) is 11.1 Å². The minimum absolute atomic E-state index is 0.00357. The minimum atomic E-state index is -3.70. The maximum atomic E-state index is 12.3. The molecule has 0 aromatic heterocycles. The Morgan fingerprint density at radius 1 is 1.00 bits per heavy atom. The quantitative estimate of drug-likeness (QED) is 0.481. The third-order valence-corrected chi connectivity index (χ3v) is 5.98. The molecule has 3 rings (SSSR count). The summed E-state index contributed by atoms with van der Waals surface area (Å²) in [7, 11) is -0.983. The number of amides is 1. The second-order valence-electron chi connectivity index (χ2n) is 6.74. The van der Waals surface area contributed by atoms with Gasteiger partial charge in [-0.3, -0.25) is 4.79 Å². The zero-order valence-electron chi connectivity index (χ0n) is 17.7. The molecule has 0 aliphatic heterocycles. The average Bonchev–Trinajstić information content (AvgIpc) is 2.82. The Morgan fingerprint density at radius 3 is 2.38 bits per heavy atom. The maximum absolute atomic E-state index is 12.3. The van der Waals surface area contributed by atoms with Crippen molar-refractivity contribution in [3.8, 4) is 11.5 Å². The molecule has 1 amide bonds. The van der Waals surface area contributed by atoms with Gasteiger partial charge in [0.25, 0.3) is 0 Å². The molecular weight excluding hydrogens is 428 g/mol. The van der Waals surface area contributed by atoms with Crippen molar-refractivity contribution in [3.63, 3.8) is 0 Å². The predicted molar refractivity (Wildman–Crippen MR) is 124 cm³/mol. The number of anilines is 1. The molecule has 7 nitrogen and oxygen atoms in total. The van der Waals surface area contributed by atoms with Gasteiger partial charge in [0, 0.05) is 11.8 Å². The molecule has 2 N–H and O–H groups in total. The number of sulfonamides is 1. The average molecular weight is 453 g/mol. The molecule has 166 valence electrons. The van der Waals surface area contributed by atoms with Gasteiger partial charge in [-0.15, -0.1) is 0 Å². The van der Waals surface area contributed by atoms with Crippen molar-refractivity contribution in [3.05, 3.63) is 90.0 Å². The highest BCUT2D eigenvalue weighted by Gasteiger charge is 2.17. The summed E-state index contributed by atoms with van der Waals surface area (Å²) in [6.07, 6.45) is 2.86. The van der Waals surface area contributed by atoms with Crippen LogP contribution in [-0.2, 0) is 21.4 Å². The number of nitrogens with one attached hydrogen (secondary N) is 2. The predicted octanol–water partition coefficient (Wildman–Crippen LogP) is 3.83. The van der Waals surface area contributed by atoms with Crippen molar-refractivity contribution >= 4 is 27.7 Å². The first-order valence-electron chi connectivity index (χ1n) is 9.79. The summed E-state index contributed by atoms with van der Waals surface area (Å²) >= 11 is 0. The van der Waals surface area contributed by atoms with E-state index in [4.69, 9.17) is 9.47 Å². The molecule has 8 heteroatoms. The Labute approximate surface area is 187 Å². The zero-order valence-corrected chi connectivity index (χ0v) is 18.6. The normalized spacial score (nSPS) is 11.3.